The van der Waals surface area contributed by atoms with Crippen LogP contribution < -0.4 is 10.1 Å². The van der Waals surface area contributed by atoms with Crippen molar-refractivity contribution in [2.45, 2.75) is 32.7 Å². The molecular formula is C25H32FN3O3. The Morgan fingerprint density at radius 3 is 2.62 bits per heavy atom. The van der Waals surface area contributed by atoms with Gasteiger partial charge in [0.2, 0.25) is 5.91 Å². The van der Waals surface area contributed by atoms with Gasteiger partial charge < -0.3 is 15.0 Å². The smallest absolute Gasteiger partial charge is 0.254 e. The molecule has 2 aromatic carbocycles. The van der Waals surface area contributed by atoms with Gasteiger partial charge in [0.25, 0.3) is 5.91 Å². The summed E-state index contributed by atoms with van der Waals surface area (Å²) in [6, 6.07) is 13.4. The highest BCUT2D eigenvalue weighted by Crippen LogP contribution is 2.27. The van der Waals surface area contributed by atoms with E-state index in [1.807, 2.05) is 38.1 Å². The van der Waals surface area contributed by atoms with Gasteiger partial charge in [-0.3, -0.25) is 14.5 Å². The Morgan fingerprint density at radius 1 is 1.06 bits per heavy atom. The van der Waals surface area contributed by atoms with Crippen molar-refractivity contribution in [2.75, 3.05) is 39.3 Å². The van der Waals surface area contributed by atoms with Gasteiger partial charge >= 0.3 is 0 Å². The molecule has 0 spiro atoms. The van der Waals surface area contributed by atoms with E-state index in [-0.39, 0.29) is 24.4 Å². The normalized spacial score (nSPS) is 15.7. The van der Waals surface area contributed by atoms with Crippen LogP contribution in [-0.4, -0.2) is 60.9 Å². The zero-order valence-corrected chi connectivity index (χ0v) is 18.9. The highest BCUT2D eigenvalue weighted by atomic mass is 19.1. The minimum Gasteiger partial charge on any atom is -0.494 e. The topological polar surface area (TPSA) is 61.9 Å². The maximum Gasteiger partial charge on any atom is 0.254 e. The van der Waals surface area contributed by atoms with Crippen LogP contribution in [0.5, 0.6) is 5.75 Å². The fourth-order valence-electron chi connectivity index (χ4n) is 4.03. The van der Waals surface area contributed by atoms with E-state index in [2.05, 4.69) is 10.2 Å². The minimum atomic E-state index is -0.416. The first-order valence-corrected chi connectivity index (χ1v) is 11.3. The minimum absolute atomic E-state index is 0.0481. The first-order chi connectivity index (χ1) is 15.5. The number of ether oxygens (including phenoxy) is 1. The molecule has 1 saturated heterocycles. The lowest BCUT2D eigenvalue weighted by Crippen LogP contribution is -2.41. The predicted octanol–water partition coefficient (Wildman–Crippen LogP) is 3.64. The molecular weight excluding hydrogens is 409 g/mol. The lowest BCUT2D eigenvalue weighted by molar-refractivity contribution is -0.123. The van der Waals surface area contributed by atoms with Crippen molar-refractivity contribution in [3.8, 4) is 5.75 Å². The number of carbonyl (C=O) groups is 2. The van der Waals surface area contributed by atoms with E-state index in [0.717, 1.165) is 30.7 Å². The molecule has 1 unspecified atom stereocenters. The summed E-state index contributed by atoms with van der Waals surface area (Å²) in [6.07, 6.45) is 1.52. The number of halogens is 1. The fourth-order valence-corrected chi connectivity index (χ4v) is 4.03. The highest BCUT2D eigenvalue weighted by molar-refractivity contribution is 5.94. The van der Waals surface area contributed by atoms with Crippen molar-refractivity contribution >= 4 is 11.8 Å². The van der Waals surface area contributed by atoms with Crippen molar-refractivity contribution < 1.29 is 18.7 Å². The summed E-state index contributed by atoms with van der Waals surface area (Å²) in [4.78, 5) is 29.3. The van der Waals surface area contributed by atoms with Crippen molar-refractivity contribution in [3.05, 3.63) is 65.5 Å². The lowest BCUT2D eigenvalue weighted by atomic mass is 10.0. The third kappa shape index (κ3) is 6.29. The first-order valence-electron chi connectivity index (χ1n) is 11.3. The van der Waals surface area contributed by atoms with Crippen LogP contribution >= 0.6 is 0 Å². The summed E-state index contributed by atoms with van der Waals surface area (Å²) in [5, 5.41) is 3.13. The Labute approximate surface area is 189 Å². The molecule has 172 valence electrons. The molecule has 1 N–H and O–H groups in total. The Hall–Kier alpha value is -2.93. The molecule has 2 amide bonds. The zero-order chi connectivity index (χ0) is 22.9. The van der Waals surface area contributed by atoms with Gasteiger partial charge in [0, 0.05) is 37.3 Å². The lowest BCUT2D eigenvalue weighted by Gasteiger charge is -2.24. The van der Waals surface area contributed by atoms with Crippen molar-refractivity contribution in [2.24, 2.45) is 0 Å². The number of para-hydroxylation sites is 1. The maximum absolute atomic E-state index is 13.5. The largest absolute Gasteiger partial charge is 0.494 e. The van der Waals surface area contributed by atoms with Crippen LogP contribution in [0.25, 0.3) is 0 Å². The number of rotatable bonds is 8. The molecule has 1 aliphatic rings. The van der Waals surface area contributed by atoms with Gasteiger partial charge in [-0.2, -0.15) is 0 Å². The van der Waals surface area contributed by atoms with Crippen molar-refractivity contribution in [3.63, 3.8) is 0 Å². The number of nitrogens with one attached hydrogen (secondary N) is 1. The summed E-state index contributed by atoms with van der Waals surface area (Å²) < 4.78 is 19.2. The average Bonchev–Trinajstić information content (AvgIpc) is 3.03. The van der Waals surface area contributed by atoms with Crippen molar-refractivity contribution in [1.82, 2.24) is 15.1 Å². The van der Waals surface area contributed by atoms with E-state index in [4.69, 9.17) is 4.74 Å². The maximum atomic E-state index is 13.5. The summed E-state index contributed by atoms with van der Waals surface area (Å²) in [6.45, 7) is 7.25. The Kier molecular flexibility index (Phi) is 8.62. The number of hydrogen-bond acceptors (Lipinski definition) is 4. The molecule has 1 heterocycles. The molecule has 1 aliphatic heterocycles. The average molecular weight is 442 g/mol. The Balaban J connectivity index is 1.56. The van der Waals surface area contributed by atoms with E-state index >= 15 is 0 Å². The zero-order valence-electron chi connectivity index (χ0n) is 18.9. The van der Waals surface area contributed by atoms with Crippen LogP contribution in [0.4, 0.5) is 4.39 Å². The molecule has 0 radical (unpaired) electrons. The van der Waals surface area contributed by atoms with Gasteiger partial charge in [-0.05, 0) is 44.0 Å². The van der Waals surface area contributed by atoms with Gasteiger partial charge in [-0.15, -0.1) is 0 Å². The molecule has 6 nitrogen and oxygen atoms in total. The molecule has 3 rings (SSSR count). The summed E-state index contributed by atoms with van der Waals surface area (Å²) in [5.74, 6) is 0.159. The third-order valence-corrected chi connectivity index (χ3v) is 5.65. The van der Waals surface area contributed by atoms with Gasteiger partial charge in [0.1, 0.15) is 11.6 Å². The number of carbonyl (C=O) groups excluding carboxylic acids is 2. The number of hydrogen-bond donors (Lipinski definition) is 1. The molecule has 2 aromatic rings. The first kappa shape index (κ1) is 23.7. The van der Waals surface area contributed by atoms with E-state index in [0.29, 0.717) is 31.8 Å². The number of nitrogens with zero attached hydrogens (tertiary/aromatic N) is 2. The molecule has 1 atom stereocenters. The molecule has 0 saturated carbocycles. The third-order valence-electron chi connectivity index (χ3n) is 5.65. The number of amides is 2. The molecule has 0 aromatic heterocycles. The van der Waals surface area contributed by atoms with Crippen LogP contribution in [-0.2, 0) is 4.79 Å². The summed E-state index contributed by atoms with van der Waals surface area (Å²) >= 11 is 0. The van der Waals surface area contributed by atoms with E-state index < -0.39 is 5.82 Å². The summed E-state index contributed by atoms with van der Waals surface area (Å²) in [5.41, 5.74) is 1.34. The van der Waals surface area contributed by atoms with Gasteiger partial charge in [0.05, 0.1) is 19.2 Å². The standard InChI is InChI=1S/C25H32FN3O3/c1-3-22(21-11-5-6-12-23(21)32-4-2)27-24(30)18-28-13-8-14-29(16-15-28)25(31)19-9-7-10-20(26)17-19/h5-7,9-12,17,22H,3-4,8,13-16,18H2,1-2H3,(H,27,30). The molecule has 0 bridgehead atoms. The van der Waals surface area contributed by atoms with Crippen LogP contribution in [0, 0.1) is 5.82 Å². The van der Waals surface area contributed by atoms with E-state index in [9.17, 15) is 14.0 Å². The van der Waals surface area contributed by atoms with E-state index in [1.165, 1.54) is 12.1 Å². The van der Waals surface area contributed by atoms with Crippen LogP contribution in [0.2, 0.25) is 0 Å². The molecule has 0 aliphatic carbocycles. The van der Waals surface area contributed by atoms with Crippen LogP contribution in [0.3, 0.4) is 0 Å². The molecule has 32 heavy (non-hydrogen) atoms. The highest BCUT2D eigenvalue weighted by Gasteiger charge is 2.23. The van der Waals surface area contributed by atoms with E-state index in [1.54, 1.807) is 17.0 Å². The van der Waals surface area contributed by atoms with Crippen molar-refractivity contribution in [1.29, 1.82) is 0 Å². The monoisotopic (exact) mass is 441 g/mol. The number of benzene rings is 2. The van der Waals surface area contributed by atoms with Gasteiger partial charge in [-0.25, -0.2) is 4.39 Å². The second kappa shape index (κ2) is 11.6. The SMILES string of the molecule is CCOc1ccccc1C(CC)NC(=O)CN1CCCN(C(=O)c2cccc(F)c2)CC1. The second-order valence-electron chi connectivity index (χ2n) is 7.93. The molecule has 1 fully saturated rings. The molecule has 7 heteroatoms. The van der Waals surface area contributed by atoms with Gasteiger partial charge in [0.15, 0.2) is 0 Å². The van der Waals surface area contributed by atoms with Gasteiger partial charge in [-0.1, -0.05) is 31.2 Å². The van der Waals surface area contributed by atoms with Crippen LogP contribution in [0.1, 0.15) is 48.7 Å². The Bertz CT molecular complexity index is 921. The Morgan fingerprint density at radius 2 is 1.88 bits per heavy atom. The van der Waals surface area contributed by atoms with Crippen LogP contribution in [0.15, 0.2) is 48.5 Å². The quantitative estimate of drug-likeness (QED) is 0.680. The second-order valence-corrected chi connectivity index (χ2v) is 7.93. The summed E-state index contributed by atoms with van der Waals surface area (Å²) in [7, 11) is 0. The predicted molar refractivity (Wildman–Crippen MR) is 122 cm³/mol. The fraction of sp³-hybridized carbons (Fsp3) is 0.440.